The molecule has 0 aromatic heterocycles. The smallest absolute Gasteiger partial charge is 0.404 e. The number of amides is 1. The summed E-state index contributed by atoms with van der Waals surface area (Å²) < 4.78 is 0. The van der Waals surface area contributed by atoms with Crippen molar-refractivity contribution in [1.29, 1.82) is 0 Å². The van der Waals surface area contributed by atoms with Gasteiger partial charge in [0.05, 0.1) is 5.60 Å². The van der Waals surface area contributed by atoms with Gasteiger partial charge >= 0.3 is 6.09 Å². The molecule has 0 unspecified atom stereocenters. The van der Waals surface area contributed by atoms with E-state index in [1.165, 1.54) is 0 Å². The Morgan fingerprint density at radius 3 is 2.64 bits per heavy atom. The lowest BCUT2D eigenvalue weighted by atomic mass is 10.0. The molecule has 1 aromatic carbocycles. The van der Waals surface area contributed by atoms with Crippen molar-refractivity contribution in [3.8, 4) is 0 Å². The zero-order valence-corrected chi connectivity index (χ0v) is 12.5. The number of hydrogen-bond donors (Lipinski definition) is 4. The second-order valence-electron chi connectivity index (χ2n) is 5.77. The molecule has 22 heavy (non-hydrogen) atoms. The minimum atomic E-state index is -1.13. The Balaban J connectivity index is 1.88. The highest BCUT2D eigenvalue weighted by Crippen LogP contribution is 2.29. The summed E-state index contributed by atoms with van der Waals surface area (Å²) in [6, 6.07) is 7.07. The van der Waals surface area contributed by atoms with Gasteiger partial charge in [-0.2, -0.15) is 0 Å². The van der Waals surface area contributed by atoms with Crippen LogP contribution in [-0.2, 0) is 0 Å². The molecule has 0 spiro atoms. The van der Waals surface area contributed by atoms with Crippen molar-refractivity contribution in [1.82, 2.24) is 5.32 Å². The molecule has 0 aliphatic heterocycles. The molecule has 6 heteroatoms. The van der Waals surface area contributed by atoms with E-state index in [9.17, 15) is 14.7 Å². The van der Waals surface area contributed by atoms with Gasteiger partial charge in [0, 0.05) is 30.8 Å². The minimum Gasteiger partial charge on any atom is -0.465 e. The lowest BCUT2D eigenvalue weighted by molar-refractivity contribution is 0.0614. The Morgan fingerprint density at radius 2 is 1.95 bits per heavy atom. The molecule has 0 radical (unpaired) electrons. The third-order valence-corrected chi connectivity index (χ3v) is 3.97. The zero-order chi connectivity index (χ0) is 16.0. The fourth-order valence-corrected chi connectivity index (χ4v) is 2.71. The molecule has 1 fully saturated rings. The van der Waals surface area contributed by atoms with E-state index in [0.29, 0.717) is 12.1 Å². The first-order chi connectivity index (χ1) is 10.5. The number of aliphatic hydroxyl groups is 1. The number of carboxylic acid groups (broad SMARTS) is 1. The normalized spacial score (nSPS) is 16.2. The average molecular weight is 306 g/mol. The van der Waals surface area contributed by atoms with Crippen molar-refractivity contribution in [2.75, 3.05) is 18.4 Å². The summed E-state index contributed by atoms with van der Waals surface area (Å²) in [6.45, 7) is 0.580. The molecule has 1 aliphatic carbocycles. The Kier molecular flexibility index (Phi) is 5.38. The van der Waals surface area contributed by atoms with Crippen molar-refractivity contribution in [2.45, 2.75) is 37.7 Å². The molecule has 0 atom stereocenters. The summed E-state index contributed by atoms with van der Waals surface area (Å²) in [5, 5.41) is 24.1. The van der Waals surface area contributed by atoms with E-state index in [-0.39, 0.29) is 18.7 Å². The number of ketones is 1. The number of rotatable bonds is 7. The number of Topliss-reactive ketones (excluding diaryl/α,β-unsaturated/α-hetero) is 1. The van der Waals surface area contributed by atoms with E-state index >= 15 is 0 Å². The van der Waals surface area contributed by atoms with Crippen LogP contribution in [0.25, 0.3) is 0 Å². The molecule has 6 nitrogen and oxygen atoms in total. The Bertz CT molecular complexity index is 539. The van der Waals surface area contributed by atoms with Gasteiger partial charge in [-0.25, -0.2) is 4.79 Å². The SMILES string of the molecule is O=C(O)NCCC(=O)c1cccc(NCC2(O)CCCC2)c1. The highest BCUT2D eigenvalue weighted by atomic mass is 16.4. The standard InChI is InChI=1S/C16H22N2O4/c19-14(6-9-17-15(20)21)12-4-3-5-13(10-12)18-11-16(22)7-1-2-8-16/h3-5,10,17-18,22H,1-2,6-9,11H2,(H,20,21). The maximum atomic E-state index is 12.0. The Morgan fingerprint density at radius 1 is 1.23 bits per heavy atom. The molecular formula is C16H22N2O4. The number of carbonyl (C=O) groups is 2. The predicted octanol–water partition coefficient (Wildman–Crippen LogP) is 2.24. The lowest BCUT2D eigenvalue weighted by Crippen LogP contribution is -2.33. The molecular weight excluding hydrogens is 284 g/mol. The number of benzene rings is 1. The maximum absolute atomic E-state index is 12.0. The van der Waals surface area contributed by atoms with Crippen molar-refractivity contribution < 1.29 is 19.8 Å². The summed E-state index contributed by atoms with van der Waals surface area (Å²) in [5.74, 6) is -0.114. The van der Waals surface area contributed by atoms with E-state index < -0.39 is 11.7 Å². The van der Waals surface area contributed by atoms with Gasteiger partial charge in [0.25, 0.3) is 0 Å². The molecule has 0 bridgehead atoms. The van der Waals surface area contributed by atoms with Crippen LogP contribution >= 0.6 is 0 Å². The van der Waals surface area contributed by atoms with E-state index in [2.05, 4.69) is 10.6 Å². The Hall–Kier alpha value is -2.08. The van der Waals surface area contributed by atoms with Gasteiger partial charge in [0.2, 0.25) is 0 Å². The van der Waals surface area contributed by atoms with Gasteiger partial charge in [-0.1, -0.05) is 25.0 Å². The third-order valence-electron chi connectivity index (χ3n) is 3.97. The second-order valence-corrected chi connectivity index (χ2v) is 5.77. The number of carbonyl (C=O) groups excluding carboxylic acids is 1. The second kappa shape index (κ2) is 7.26. The van der Waals surface area contributed by atoms with Crippen molar-refractivity contribution >= 4 is 17.6 Å². The number of nitrogens with one attached hydrogen (secondary N) is 2. The van der Waals surface area contributed by atoms with Crippen molar-refractivity contribution in [3.05, 3.63) is 29.8 Å². The van der Waals surface area contributed by atoms with Crippen LogP contribution in [-0.4, -0.2) is 40.8 Å². The van der Waals surface area contributed by atoms with Gasteiger partial charge in [0.1, 0.15) is 0 Å². The topological polar surface area (TPSA) is 98.7 Å². The van der Waals surface area contributed by atoms with Crippen molar-refractivity contribution in [2.24, 2.45) is 0 Å². The van der Waals surface area contributed by atoms with Gasteiger partial charge in [-0.3, -0.25) is 4.79 Å². The van der Waals surface area contributed by atoms with Gasteiger partial charge in [0.15, 0.2) is 5.78 Å². The summed E-state index contributed by atoms with van der Waals surface area (Å²) in [6.07, 6.45) is 2.70. The summed E-state index contributed by atoms with van der Waals surface area (Å²) in [5.41, 5.74) is 0.679. The number of anilines is 1. The predicted molar refractivity (Wildman–Crippen MR) is 83.3 cm³/mol. The molecule has 1 saturated carbocycles. The minimum absolute atomic E-state index is 0.103. The van der Waals surface area contributed by atoms with Crippen LogP contribution in [0.5, 0.6) is 0 Å². The first kappa shape index (κ1) is 16.3. The monoisotopic (exact) mass is 306 g/mol. The first-order valence-electron chi connectivity index (χ1n) is 7.55. The largest absolute Gasteiger partial charge is 0.465 e. The average Bonchev–Trinajstić information content (AvgIpc) is 2.92. The highest BCUT2D eigenvalue weighted by Gasteiger charge is 2.30. The highest BCUT2D eigenvalue weighted by molar-refractivity contribution is 5.97. The summed E-state index contributed by atoms with van der Waals surface area (Å²) in [7, 11) is 0. The molecule has 4 N–H and O–H groups in total. The van der Waals surface area contributed by atoms with Crippen LogP contribution in [0.4, 0.5) is 10.5 Å². The number of hydrogen-bond acceptors (Lipinski definition) is 4. The van der Waals surface area contributed by atoms with Crippen LogP contribution in [0, 0.1) is 0 Å². The van der Waals surface area contributed by atoms with Crippen molar-refractivity contribution in [3.63, 3.8) is 0 Å². The lowest BCUT2D eigenvalue weighted by Gasteiger charge is -2.23. The van der Waals surface area contributed by atoms with E-state index in [1.54, 1.807) is 18.2 Å². The van der Waals surface area contributed by atoms with E-state index in [1.807, 2.05) is 6.07 Å². The molecule has 0 saturated heterocycles. The maximum Gasteiger partial charge on any atom is 0.404 e. The molecule has 1 aliphatic rings. The summed E-state index contributed by atoms with van der Waals surface area (Å²) in [4.78, 5) is 22.3. The van der Waals surface area contributed by atoms with Gasteiger partial charge in [-0.15, -0.1) is 0 Å². The van der Waals surface area contributed by atoms with E-state index in [4.69, 9.17) is 5.11 Å². The molecule has 1 amide bonds. The third kappa shape index (κ3) is 4.73. The fourth-order valence-electron chi connectivity index (χ4n) is 2.71. The van der Waals surface area contributed by atoms with Crippen LogP contribution in [0.3, 0.4) is 0 Å². The fraction of sp³-hybridized carbons (Fsp3) is 0.500. The van der Waals surface area contributed by atoms with Gasteiger partial charge in [-0.05, 0) is 25.0 Å². The molecule has 1 aromatic rings. The zero-order valence-electron chi connectivity index (χ0n) is 12.5. The molecule has 120 valence electrons. The first-order valence-corrected chi connectivity index (χ1v) is 7.55. The quantitative estimate of drug-likeness (QED) is 0.579. The Labute approximate surface area is 129 Å². The van der Waals surface area contributed by atoms with Crippen LogP contribution < -0.4 is 10.6 Å². The molecule has 0 heterocycles. The molecule has 2 rings (SSSR count). The van der Waals surface area contributed by atoms with E-state index in [0.717, 1.165) is 31.4 Å². The van der Waals surface area contributed by atoms with Crippen LogP contribution in [0.15, 0.2) is 24.3 Å². The van der Waals surface area contributed by atoms with Crippen LogP contribution in [0.1, 0.15) is 42.5 Å². The summed E-state index contributed by atoms with van der Waals surface area (Å²) >= 11 is 0. The van der Waals surface area contributed by atoms with Crippen LogP contribution in [0.2, 0.25) is 0 Å². The van der Waals surface area contributed by atoms with Gasteiger partial charge < -0.3 is 20.8 Å².